The van der Waals surface area contributed by atoms with Gasteiger partial charge in [-0.05, 0) is 135 Å². The van der Waals surface area contributed by atoms with Crippen LogP contribution in [0.15, 0.2) is 138 Å². The van der Waals surface area contributed by atoms with Crippen LogP contribution in [0.2, 0.25) is 0 Å². The molecule has 0 radical (unpaired) electrons. The van der Waals surface area contributed by atoms with Gasteiger partial charge in [-0.2, -0.15) is 0 Å². The number of aromatic amines is 1. The summed E-state index contributed by atoms with van der Waals surface area (Å²) in [5.74, 6) is -0.226. The number of fused-ring (bicyclic) bond motifs is 1. The van der Waals surface area contributed by atoms with E-state index in [1.54, 1.807) is 12.1 Å². The first-order valence-electron chi connectivity index (χ1n) is 24.7. The summed E-state index contributed by atoms with van der Waals surface area (Å²) in [5, 5.41) is 14.5. The van der Waals surface area contributed by atoms with Crippen molar-refractivity contribution in [2.24, 2.45) is 5.92 Å². The van der Waals surface area contributed by atoms with Crippen molar-refractivity contribution in [3.05, 3.63) is 177 Å². The Morgan fingerprint density at radius 1 is 0.757 bits per heavy atom. The number of piperidine rings is 2. The Bertz CT molecular complexity index is 2770. The molecule has 3 aliphatic rings. The first-order valence-corrected chi connectivity index (χ1v) is 24.7. The Morgan fingerprint density at radius 3 is 2.26 bits per heavy atom. The molecule has 2 amide bonds. The highest BCUT2D eigenvalue weighted by atomic mass is 16.5. The van der Waals surface area contributed by atoms with Gasteiger partial charge in [-0.3, -0.25) is 24.1 Å². The van der Waals surface area contributed by atoms with Gasteiger partial charge in [-0.25, -0.2) is 0 Å². The molecule has 5 aromatic carbocycles. The van der Waals surface area contributed by atoms with Gasteiger partial charge < -0.3 is 39.4 Å². The Hall–Kier alpha value is -6.80. The average molecular weight is 946 g/mol. The molecule has 364 valence electrons. The van der Waals surface area contributed by atoms with Crippen LogP contribution in [0.25, 0.3) is 10.9 Å². The maximum atomic E-state index is 13.9. The fourth-order valence-corrected chi connectivity index (χ4v) is 10.1. The summed E-state index contributed by atoms with van der Waals surface area (Å²) < 4.78 is 18.5. The minimum atomic E-state index is -0.642. The van der Waals surface area contributed by atoms with Gasteiger partial charge >= 0.3 is 5.97 Å². The van der Waals surface area contributed by atoms with Gasteiger partial charge in [-0.1, -0.05) is 91.0 Å². The van der Waals surface area contributed by atoms with E-state index in [1.165, 1.54) is 11.6 Å². The lowest BCUT2D eigenvalue weighted by molar-refractivity contribution is -0.159. The van der Waals surface area contributed by atoms with Gasteiger partial charge in [0.25, 0.3) is 11.8 Å². The van der Waals surface area contributed by atoms with Gasteiger partial charge in [0.15, 0.2) is 6.61 Å². The lowest BCUT2D eigenvalue weighted by Crippen LogP contribution is -2.59. The summed E-state index contributed by atoms with van der Waals surface area (Å²) in [6.07, 6.45) is 4.74. The summed E-state index contributed by atoms with van der Waals surface area (Å²) in [6.45, 7) is 6.96. The van der Waals surface area contributed by atoms with Crippen molar-refractivity contribution in [2.75, 3.05) is 72.2 Å². The number of rotatable bonds is 17. The number of carbonyl (C=O) groups excluding carboxylic acids is 3. The second kappa shape index (κ2) is 22.7. The molecule has 70 heavy (non-hydrogen) atoms. The van der Waals surface area contributed by atoms with Crippen molar-refractivity contribution in [3.63, 3.8) is 0 Å². The van der Waals surface area contributed by atoms with Gasteiger partial charge in [0.1, 0.15) is 17.4 Å². The number of esters is 1. The number of phenolic OH excluding ortho intramolecular Hbond substituents is 1. The molecule has 1 aromatic heterocycles. The minimum absolute atomic E-state index is 0.0143. The van der Waals surface area contributed by atoms with Crippen molar-refractivity contribution in [1.29, 1.82) is 0 Å². The molecule has 1 atom stereocenters. The highest BCUT2D eigenvalue weighted by Gasteiger charge is 2.42. The number of hydrogen-bond acceptors (Lipinski definition) is 10. The molecule has 1 unspecified atom stereocenters. The number of likely N-dealkylation sites (tertiary alicyclic amines) is 2. The number of hydrogen-bond donors (Lipinski definition) is 3. The Kier molecular flexibility index (Phi) is 15.7. The number of nitrogens with zero attached hydrogens (tertiary/aromatic N) is 3. The lowest BCUT2D eigenvalue weighted by atomic mass is 9.89. The second-order valence-corrected chi connectivity index (χ2v) is 19.0. The molecule has 0 bridgehead atoms. The van der Waals surface area contributed by atoms with Crippen LogP contribution < -0.4 is 15.6 Å². The fraction of sp³-hybridized carbons (Fsp3) is 0.368. The highest BCUT2D eigenvalue weighted by Crippen LogP contribution is 2.33. The van der Waals surface area contributed by atoms with E-state index in [0.717, 1.165) is 86.0 Å². The van der Waals surface area contributed by atoms with Gasteiger partial charge in [0.05, 0.1) is 24.3 Å². The fourth-order valence-electron chi connectivity index (χ4n) is 10.1. The van der Waals surface area contributed by atoms with E-state index in [9.17, 15) is 24.3 Å². The van der Waals surface area contributed by atoms with E-state index in [1.807, 2.05) is 101 Å². The summed E-state index contributed by atoms with van der Waals surface area (Å²) in [6, 6.07) is 42.1. The van der Waals surface area contributed by atoms with Gasteiger partial charge in [0, 0.05) is 49.7 Å². The number of nitrogens with one attached hydrogen (secondary N) is 2. The minimum Gasteiger partial charge on any atom is -0.506 e. The molecule has 3 saturated heterocycles. The average Bonchev–Trinajstić information content (AvgIpc) is 3.39. The van der Waals surface area contributed by atoms with Crippen molar-refractivity contribution in [1.82, 2.24) is 25.0 Å². The van der Waals surface area contributed by atoms with Crippen LogP contribution in [-0.2, 0) is 38.4 Å². The quantitative estimate of drug-likeness (QED) is 0.0638. The first-order chi connectivity index (χ1) is 34.2. The molecule has 3 fully saturated rings. The van der Waals surface area contributed by atoms with Crippen molar-refractivity contribution in [2.45, 2.75) is 56.6 Å². The molecule has 0 aliphatic carbocycles. The van der Waals surface area contributed by atoms with Crippen LogP contribution in [0.3, 0.4) is 0 Å². The van der Waals surface area contributed by atoms with Crippen LogP contribution in [-0.4, -0.2) is 120 Å². The SMILES string of the molecule is O=C(OCC1CCN(Cc2ccccc2)CC1)C(c1ccccc1)c1cccc(OCC(=O)N2CCOC3(CCN(C(=O)c4ccc(CCNCCc5ccc(O)c6[nH]c(=O)ccc56)cc4)CC3)C2)c1. The van der Waals surface area contributed by atoms with E-state index in [0.29, 0.717) is 75.0 Å². The standard InChI is InChI=1S/C57H63N5O8/c63-50-20-18-44(49-19-21-51(64)59-54(49)50)23-29-58-28-22-41-14-16-46(17-15-41)55(66)61-32-26-57(27-33-61)40-62(34-35-70-57)52(65)39-68-48-13-7-12-47(36-48)53(45-10-5-2-6-11-45)56(67)69-38-43-24-30-60(31-25-43)37-42-8-3-1-4-9-42/h1-21,36,43,53,58,63H,22-35,37-40H2,(H,59,64). The zero-order valence-electron chi connectivity index (χ0n) is 39.7. The van der Waals surface area contributed by atoms with Crippen LogP contribution >= 0.6 is 0 Å². The number of morpholine rings is 1. The molecular weight excluding hydrogens is 883 g/mol. The third-order valence-corrected chi connectivity index (χ3v) is 14.2. The summed E-state index contributed by atoms with van der Waals surface area (Å²) in [5.41, 5.74) is 5.37. The highest BCUT2D eigenvalue weighted by molar-refractivity contribution is 5.94. The molecule has 4 heterocycles. The molecule has 3 N–H and O–H groups in total. The van der Waals surface area contributed by atoms with E-state index in [2.05, 4.69) is 39.5 Å². The van der Waals surface area contributed by atoms with E-state index in [4.69, 9.17) is 14.2 Å². The normalized spacial score (nSPS) is 16.8. The summed E-state index contributed by atoms with van der Waals surface area (Å²) in [4.78, 5) is 61.8. The maximum Gasteiger partial charge on any atom is 0.317 e. The van der Waals surface area contributed by atoms with Crippen LogP contribution in [0, 0.1) is 5.92 Å². The third-order valence-electron chi connectivity index (χ3n) is 14.2. The smallest absolute Gasteiger partial charge is 0.317 e. The van der Waals surface area contributed by atoms with Crippen LogP contribution in [0.1, 0.15) is 69.8 Å². The van der Waals surface area contributed by atoms with Crippen molar-refractivity contribution < 1.29 is 33.7 Å². The molecule has 9 rings (SSSR count). The third kappa shape index (κ3) is 12.1. The predicted octanol–water partition coefficient (Wildman–Crippen LogP) is 7.11. The van der Waals surface area contributed by atoms with E-state index < -0.39 is 11.5 Å². The molecular formula is C57H63N5O8. The summed E-state index contributed by atoms with van der Waals surface area (Å²) >= 11 is 0. The molecule has 3 aliphatic heterocycles. The predicted molar refractivity (Wildman–Crippen MR) is 269 cm³/mol. The molecule has 0 saturated carbocycles. The second-order valence-electron chi connectivity index (χ2n) is 19.0. The van der Waals surface area contributed by atoms with E-state index in [-0.39, 0.29) is 35.7 Å². The number of aromatic hydroxyl groups is 1. The number of aromatic nitrogens is 1. The van der Waals surface area contributed by atoms with Gasteiger partial charge in [-0.15, -0.1) is 0 Å². The zero-order valence-corrected chi connectivity index (χ0v) is 39.7. The van der Waals surface area contributed by atoms with E-state index >= 15 is 0 Å². The molecule has 13 heteroatoms. The Balaban J connectivity index is 0.716. The number of carbonyl (C=O) groups is 3. The number of H-pyrrole nitrogens is 1. The van der Waals surface area contributed by atoms with Crippen molar-refractivity contribution >= 4 is 28.7 Å². The van der Waals surface area contributed by atoms with Crippen LogP contribution in [0.5, 0.6) is 11.5 Å². The molecule has 13 nitrogen and oxygen atoms in total. The van der Waals surface area contributed by atoms with Crippen molar-refractivity contribution in [3.8, 4) is 11.5 Å². The first kappa shape index (κ1) is 48.2. The maximum absolute atomic E-state index is 13.9. The molecule has 6 aromatic rings. The largest absolute Gasteiger partial charge is 0.506 e. The lowest BCUT2D eigenvalue weighted by Gasteiger charge is -2.47. The number of ether oxygens (including phenoxy) is 3. The Labute approximate surface area is 409 Å². The Morgan fingerprint density at radius 2 is 1.49 bits per heavy atom. The molecule has 1 spiro atoms. The number of pyridine rings is 1. The zero-order chi connectivity index (χ0) is 48.3. The van der Waals surface area contributed by atoms with Gasteiger partial charge in [0.2, 0.25) is 5.56 Å². The van der Waals surface area contributed by atoms with Crippen LogP contribution in [0.4, 0.5) is 0 Å². The number of phenols is 1. The number of amides is 2. The number of benzene rings is 5. The topological polar surface area (TPSA) is 154 Å². The summed E-state index contributed by atoms with van der Waals surface area (Å²) in [7, 11) is 0. The monoisotopic (exact) mass is 945 g/mol.